The van der Waals surface area contributed by atoms with Crippen molar-refractivity contribution in [3.63, 3.8) is 0 Å². The minimum atomic E-state index is -4.36. The molecule has 0 atom stereocenters. The lowest BCUT2D eigenvalue weighted by Gasteiger charge is -2.07. The Labute approximate surface area is 163 Å². The van der Waals surface area contributed by atoms with E-state index in [-0.39, 0.29) is 22.4 Å². The molecule has 3 N–H and O–H groups in total. The number of aromatic nitrogens is 3. The molecule has 146 valence electrons. The van der Waals surface area contributed by atoms with Gasteiger partial charge in [0.1, 0.15) is 5.82 Å². The van der Waals surface area contributed by atoms with E-state index in [4.69, 9.17) is 0 Å². The average Bonchev–Trinajstić information content (AvgIpc) is 3.02. The van der Waals surface area contributed by atoms with Crippen LogP contribution < -0.4 is 10.6 Å². The van der Waals surface area contributed by atoms with Gasteiger partial charge in [-0.1, -0.05) is 0 Å². The van der Waals surface area contributed by atoms with Crippen LogP contribution in [0.5, 0.6) is 0 Å². The van der Waals surface area contributed by atoms with Crippen LogP contribution in [0.3, 0.4) is 0 Å². The summed E-state index contributed by atoms with van der Waals surface area (Å²) in [7, 11) is -4.36. The summed E-state index contributed by atoms with van der Waals surface area (Å²) in [4.78, 5) is 19.5. The Hall–Kier alpha value is -3.03. The molecule has 1 aromatic carbocycles. The van der Waals surface area contributed by atoms with Gasteiger partial charge in [-0.2, -0.15) is 12.8 Å². The predicted molar refractivity (Wildman–Crippen MR) is 104 cm³/mol. The van der Waals surface area contributed by atoms with E-state index in [2.05, 4.69) is 35.2 Å². The van der Waals surface area contributed by atoms with Gasteiger partial charge in [0.25, 0.3) is 10.1 Å². The third kappa shape index (κ3) is 4.44. The van der Waals surface area contributed by atoms with Crippen molar-refractivity contribution in [1.29, 1.82) is 0 Å². The third-order valence-corrected chi connectivity index (χ3v) is 4.98. The van der Waals surface area contributed by atoms with E-state index in [9.17, 15) is 17.8 Å². The lowest BCUT2D eigenvalue weighted by atomic mass is 10.2. The summed E-state index contributed by atoms with van der Waals surface area (Å²) in [6, 6.07) is 3.97. The van der Waals surface area contributed by atoms with Crippen LogP contribution in [0, 0.1) is 0 Å². The fourth-order valence-corrected chi connectivity index (χ4v) is 3.40. The first-order chi connectivity index (χ1) is 13.3. The van der Waals surface area contributed by atoms with Crippen LogP contribution in [0.1, 0.15) is 13.8 Å². The number of hydrogen-bond acceptors (Lipinski definition) is 10. The molecule has 0 saturated heterocycles. The zero-order chi connectivity index (χ0) is 20.3. The number of rotatable bonds is 6. The summed E-state index contributed by atoms with van der Waals surface area (Å²) in [5.41, 5.74) is 0.502. The topological polar surface area (TPSA) is 159 Å². The normalized spacial score (nSPS) is 11.8. The molecule has 3 rings (SSSR count). The Kier molecular flexibility index (Phi) is 5.58. The molecule has 0 aliphatic rings. The summed E-state index contributed by atoms with van der Waals surface area (Å²) in [5.74, 6) is 0.318. The van der Waals surface area contributed by atoms with E-state index in [1.807, 2.05) is 6.92 Å². The summed E-state index contributed by atoms with van der Waals surface area (Å²) < 4.78 is 36.1. The van der Waals surface area contributed by atoms with Gasteiger partial charge in [0, 0.05) is 18.9 Å². The van der Waals surface area contributed by atoms with Crippen LogP contribution in [-0.4, -0.2) is 39.8 Å². The number of nitrogens with one attached hydrogen (secondary N) is 2. The number of anilines is 2. The van der Waals surface area contributed by atoms with Crippen molar-refractivity contribution in [2.45, 2.75) is 18.7 Å². The van der Waals surface area contributed by atoms with Gasteiger partial charge in [-0.3, -0.25) is 9.35 Å². The van der Waals surface area contributed by atoms with E-state index in [0.717, 1.165) is 11.5 Å². The van der Waals surface area contributed by atoms with Crippen LogP contribution in [0.4, 0.5) is 22.5 Å². The van der Waals surface area contributed by atoms with Crippen molar-refractivity contribution in [2.24, 2.45) is 10.2 Å². The molecular weight excluding hydrogens is 406 g/mol. The molecule has 0 spiro atoms. The standard InChI is InChI=1S/C15H15N7O4S2/c1-3-16-12-7-17-13(14(19-12)18-8(2)23)20-21-15-10-6-9(28(24,25)26)4-5-11(10)22-27-15/h4-7H,3H2,1-2H3,(H,24,25,26)(H2,16,18,19,23). The Morgan fingerprint density at radius 2 is 2.11 bits per heavy atom. The van der Waals surface area contributed by atoms with Gasteiger partial charge in [-0.15, -0.1) is 10.2 Å². The van der Waals surface area contributed by atoms with Crippen molar-refractivity contribution in [1.82, 2.24) is 14.3 Å². The number of hydrogen-bond donors (Lipinski definition) is 3. The third-order valence-electron chi connectivity index (χ3n) is 3.37. The second-order valence-corrected chi connectivity index (χ2v) is 7.65. The SMILES string of the molecule is CCNc1cnc(N=Nc2snc3ccc(S(=O)(=O)O)cc23)c(NC(C)=O)n1. The van der Waals surface area contributed by atoms with Gasteiger partial charge in [-0.25, -0.2) is 9.97 Å². The highest BCUT2D eigenvalue weighted by molar-refractivity contribution is 7.85. The first-order valence-corrected chi connectivity index (χ1v) is 10.2. The molecule has 13 heteroatoms. The molecule has 0 fully saturated rings. The lowest BCUT2D eigenvalue weighted by molar-refractivity contribution is -0.114. The highest BCUT2D eigenvalue weighted by Crippen LogP contribution is 2.34. The van der Waals surface area contributed by atoms with Crippen molar-refractivity contribution in [3.8, 4) is 0 Å². The molecule has 0 radical (unpaired) electrons. The fourth-order valence-electron chi connectivity index (χ4n) is 2.21. The highest BCUT2D eigenvalue weighted by Gasteiger charge is 2.14. The molecule has 28 heavy (non-hydrogen) atoms. The molecular formula is C15H15N7O4S2. The number of benzene rings is 1. The maximum absolute atomic E-state index is 11.4. The van der Waals surface area contributed by atoms with Crippen molar-refractivity contribution in [2.75, 3.05) is 17.2 Å². The van der Waals surface area contributed by atoms with Crippen LogP contribution in [0.15, 0.2) is 39.5 Å². The maximum Gasteiger partial charge on any atom is 0.294 e. The summed E-state index contributed by atoms with van der Waals surface area (Å²) in [5, 5.41) is 14.3. The molecule has 0 aliphatic carbocycles. The minimum absolute atomic E-state index is 0.0735. The van der Waals surface area contributed by atoms with Crippen molar-refractivity contribution < 1.29 is 17.8 Å². The quantitative estimate of drug-likeness (QED) is 0.404. The number of fused-ring (bicyclic) bond motifs is 1. The van der Waals surface area contributed by atoms with E-state index in [1.165, 1.54) is 31.3 Å². The zero-order valence-electron chi connectivity index (χ0n) is 14.7. The summed E-state index contributed by atoms with van der Waals surface area (Å²) in [6.45, 7) is 3.84. The Balaban J connectivity index is 2.00. The summed E-state index contributed by atoms with van der Waals surface area (Å²) >= 11 is 0.998. The van der Waals surface area contributed by atoms with Gasteiger partial charge in [-0.05, 0) is 36.7 Å². The van der Waals surface area contributed by atoms with Gasteiger partial charge in [0.15, 0.2) is 10.8 Å². The first-order valence-electron chi connectivity index (χ1n) is 7.95. The molecule has 3 aromatic rings. The molecule has 0 unspecified atom stereocenters. The van der Waals surface area contributed by atoms with Crippen LogP contribution >= 0.6 is 11.5 Å². The predicted octanol–water partition coefficient (Wildman–Crippen LogP) is 3.14. The van der Waals surface area contributed by atoms with Crippen LogP contribution in [0.25, 0.3) is 10.9 Å². The van der Waals surface area contributed by atoms with E-state index in [1.54, 1.807) is 0 Å². The van der Waals surface area contributed by atoms with Crippen LogP contribution in [-0.2, 0) is 14.9 Å². The number of carbonyl (C=O) groups is 1. The Morgan fingerprint density at radius 3 is 2.79 bits per heavy atom. The Morgan fingerprint density at radius 1 is 1.32 bits per heavy atom. The first kappa shape index (κ1) is 19.7. The van der Waals surface area contributed by atoms with Crippen molar-refractivity contribution in [3.05, 3.63) is 24.4 Å². The van der Waals surface area contributed by atoms with E-state index in [0.29, 0.717) is 28.3 Å². The van der Waals surface area contributed by atoms with E-state index >= 15 is 0 Å². The van der Waals surface area contributed by atoms with Crippen LogP contribution in [0.2, 0.25) is 0 Å². The van der Waals surface area contributed by atoms with E-state index < -0.39 is 10.1 Å². The van der Waals surface area contributed by atoms with Gasteiger partial charge in [0.2, 0.25) is 11.7 Å². The number of nitrogens with zero attached hydrogens (tertiary/aromatic N) is 5. The second kappa shape index (κ2) is 7.92. The number of azo groups is 1. The molecule has 0 aliphatic heterocycles. The number of carbonyl (C=O) groups excluding carboxylic acids is 1. The largest absolute Gasteiger partial charge is 0.369 e. The highest BCUT2D eigenvalue weighted by atomic mass is 32.2. The number of amides is 1. The molecule has 11 nitrogen and oxygen atoms in total. The molecule has 0 bridgehead atoms. The second-order valence-electron chi connectivity index (χ2n) is 5.48. The fraction of sp³-hybridized carbons (Fsp3) is 0.200. The van der Waals surface area contributed by atoms with Gasteiger partial charge >= 0.3 is 0 Å². The molecule has 1 amide bonds. The van der Waals surface area contributed by atoms with Gasteiger partial charge in [0.05, 0.1) is 16.6 Å². The maximum atomic E-state index is 11.4. The van der Waals surface area contributed by atoms with Gasteiger partial charge < -0.3 is 10.6 Å². The lowest BCUT2D eigenvalue weighted by Crippen LogP contribution is -2.10. The average molecular weight is 421 g/mol. The molecule has 0 saturated carbocycles. The summed E-state index contributed by atoms with van der Waals surface area (Å²) in [6.07, 6.45) is 1.45. The smallest absolute Gasteiger partial charge is 0.294 e. The Bertz CT molecular complexity index is 1170. The molecule has 2 aromatic heterocycles. The zero-order valence-corrected chi connectivity index (χ0v) is 16.4. The minimum Gasteiger partial charge on any atom is -0.369 e. The monoisotopic (exact) mass is 421 g/mol. The van der Waals surface area contributed by atoms with Crippen molar-refractivity contribution >= 4 is 60.9 Å². The molecule has 2 heterocycles.